The van der Waals surface area contributed by atoms with Gasteiger partial charge in [-0.25, -0.2) is 0 Å². The van der Waals surface area contributed by atoms with Gasteiger partial charge in [-0.05, 0) is 56.5 Å². The third kappa shape index (κ3) is 2.20. The fourth-order valence-electron chi connectivity index (χ4n) is 5.72. The van der Waals surface area contributed by atoms with Gasteiger partial charge in [-0.3, -0.25) is 9.69 Å². The van der Waals surface area contributed by atoms with Crippen LogP contribution in [0.2, 0.25) is 0 Å². The summed E-state index contributed by atoms with van der Waals surface area (Å²) in [5, 5.41) is 0. The predicted octanol–water partition coefficient (Wildman–Crippen LogP) is 4.98. The second kappa shape index (κ2) is 6.03. The zero-order valence-electron chi connectivity index (χ0n) is 16.0. The molecular weight excluding hydrogens is 330 g/mol. The van der Waals surface area contributed by atoms with E-state index in [4.69, 9.17) is 0 Å². The summed E-state index contributed by atoms with van der Waals surface area (Å²) in [5.41, 5.74) is 7.13. The van der Waals surface area contributed by atoms with Crippen molar-refractivity contribution in [3.05, 3.63) is 82.9 Å². The van der Waals surface area contributed by atoms with E-state index in [1.807, 2.05) is 18.2 Å². The van der Waals surface area contributed by atoms with Crippen molar-refractivity contribution >= 4 is 16.9 Å². The minimum absolute atomic E-state index is 0.0181. The van der Waals surface area contributed by atoms with Crippen molar-refractivity contribution in [2.45, 2.75) is 31.2 Å². The van der Waals surface area contributed by atoms with Crippen LogP contribution in [0.4, 0.5) is 0 Å². The van der Waals surface area contributed by atoms with Crippen LogP contribution >= 0.6 is 0 Å². The molecule has 2 heteroatoms. The third-order valence-corrected chi connectivity index (χ3v) is 6.80. The lowest BCUT2D eigenvalue weighted by Crippen LogP contribution is -2.48. The van der Waals surface area contributed by atoms with Gasteiger partial charge in [0, 0.05) is 5.57 Å². The molecule has 0 unspecified atom stereocenters. The maximum absolute atomic E-state index is 13.9. The minimum atomic E-state index is -0.241. The topological polar surface area (TPSA) is 20.3 Å². The Morgan fingerprint density at radius 1 is 0.889 bits per heavy atom. The number of benzene rings is 2. The van der Waals surface area contributed by atoms with Crippen molar-refractivity contribution in [3.63, 3.8) is 0 Å². The van der Waals surface area contributed by atoms with Crippen molar-refractivity contribution < 1.29 is 4.79 Å². The lowest BCUT2D eigenvalue weighted by atomic mass is 9.76. The molecule has 0 heterocycles. The largest absolute Gasteiger partial charge is 0.298 e. The van der Waals surface area contributed by atoms with Gasteiger partial charge in [0.25, 0.3) is 0 Å². The van der Waals surface area contributed by atoms with E-state index in [-0.39, 0.29) is 11.5 Å². The predicted molar refractivity (Wildman–Crippen MR) is 110 cm³/mol. The summed E-state index contributed by atoms with van der Waals surface area (Å²) < 4.78 is 0. The molecule has 0 saturated carbocycles. The van der Waals surface area contributed by atoms with E-state index >= 15 is 0 Å². The summed E-state index contributed by atoms with van der Waals surface area (Å²) in [5.74, 6) is 0.302. The average Bonchev–Trinajstić information content (AvgIpc) is 3.32. The average molecular weight is 355 g/mol. The fraction of sp³-hybridized carbons (Fsp3) is 0.320. The van der Waals surface area contributed by atoms with Gasteiger partial charge in [-0.15, -0.1) is 0 Å². The number of likely N-dealkylation sites (N-methyl/N-ethyl adjacent to an activating group) is 1. The molecule has 0 aliphatic heterocycles. The van der Waals surface area contributed by atoms with E-state index in [9.17, 15) is 4.79 Å². The van der Waals surface area contributed by atoms with Gasteiger partial charge in [-0.1, -0.05) is 71.8 Å². The van der Waals surface area contributed by atoms with Gasteiger partial charge >= 0.3 is 0 Å². The molecule has 0 aromatic heterocycles. The molecule has 0 radical (unpaired) electrons. The molecule has 2 aromatic carbocycles. The Kier molecular flexibility index (Phi) is 3.73. The van der Waals surface area contributed by atoms with E-state index in [1.165, 1.54) is 23.1 Å². The highest BCUT2D eigenvalue weighted by Gasteiger charge is 2.60. The molecule has 0 N–H and O–H groups in total. The Hall–Kier alpha value is -2.45. The van der Waals surface area contributed by atoms with Gasteiger partial charge < -0.3 is 0 Å². The van der Waals surface area contributed by atoms with Crippen LogP contribution in [-0.2, 0) is 4.79 Å². The second-order valence-electron chi connectivity index (χ2n) is 8.26. The van der Waals surface area contributed by atoms with Gasteiger partial charge in [0.2, 0.25) is 0 Å². The number of carbonyl (C=O) groups is 1. The number of Topliss-reactive ketones (excluding diaryl/α,β-unsaturated/α-hetero) is 1. The smallest absolute Gasteiger partial charge is 0.173 e. The van der Waals surface area contributed by atoms with E-state index in [0.29, 0.717) is 5.78 Å². The number of fused-ring (bicyclic) bond motifs is 2. The summed E-state index contributed by atoms with van der Waals surface area (Å²) in [6.45, 7) is 0. The van der Waals surface area contributed by atoms with Crippen molar-refractivity contribution in [1.82, 2.24) is 4.90 Å². The van der Waals surface area contributed by atoms with Crippen LogP contribution in [0.15, 0.2) is 71.8 Å². The molecule has 2 atom stereocenters. The van der Waals surface area contributed by atoms with Crippen LogP contribution in [0.3, 0.4) is 0 Å². The maximum Gasteiger partial charge on any atom is 0.173 e. The summed E-state index contributed by atoms with van der Waals surface area (Å²) >= 11 is 0. The number of rotatable bonds is 3. The highest BCUT2D eigenvalue weighted by Crippen LogP contribution is 2.61. The van der Waals surface area contributed by atoms with Gasteiger partial charge in [0.15, 0.2) is 5.78 Å². The van der Waals surface area contributed by atoms with E-state index < -0.39 is 0 Å². The Balaban J connectivity index is 1.81. The molecule has 2 aromatic rings. The summed E-state index contributed by atoms with van der Waals surface area (Å²) in [6, 6.07) is 20.8. The van der Waals surface area contributed by atoms with E-state index in [2.05, 4.69) is 61.5 Å². The van der Waals surface area contributed by atoms with Crippen molar-refractivity contribution in [2.75, 3.05) is 14.1 Å². The molecule has 2 nitrogen and oxygen atoms in total. The number of ketones is 1. The van der Waals surface area contributed by atoms with Crippen molar-refractivity contribution in [1.29, 1.82) is 0 Å². The molecule has 0 spiro atoms. The first-order chi connectivity index (χ1) is 13.1. The van der Waals surface area contributed by atoms with E-state index in [1.54, 1.807) is 5.57 Å². The summed E-state index contributed by atoms with van der Waals surface area (Å²) in [4.78, 5) is 16.2. The van der Waals surface area contributed by atoms with Crippen LogP contribution in [0.5, 0.6) is 0 Å². The Bertz CT molecular complexity index is 968. The molecule has 0 saturated heterocycles. The molecule has 3 aliphatic rings. The molecule has 0 fully saturated rings. The molecule has 5 rings (SSSR count). The monoisotopic (exact) mass is 355 g/mol. The van der Waals surface area contributed by atoms with Gasteiger partial charge in [0.1, 0.15) is 0 Å². The quantitative estimate of drug-likeness (QED) is 0.724. The molecule has 3 aliphatic carbocycles. The Morgan fingerprint density at radius 3 is 2.15 bits per heavy atom. The first-order valence-electron chi connectivity index (χ1n) is 9.92. The van der Waals surface area contributed by atoms with Gasteiger partial charge in [0.05, 0.1) is 11.5 Å². The first-order valence-corrected chi connectivity index (χ1v) is 9.92. The highest BCUT2D eigenvalue weighted by molar-refractivity contribution is 6.35. The molecule has 0 amide bonds. The maximum atomic E-state index is 13.9. The lowest BCUT2D eigenvalue weighted by molar-refractivity contribution is -0.117. The van der Waals surface area contributed by atoms with Crippen molar-refractivity contribution in [2.24, 2.45) is 5.92 Å². The number of hydrogen-bond donors (Lipinski definition) is 0. The standard InChI is InChI=1S/C25H25NO/c1-26(2)25-16-19-14-9-15-20(19)23(25)24(27)21(17-10-5-3-6-11-17)22(25)18-12-7-4-8-13-18/h3-8,10-13,23H,9,14-16H2,1-2H3/t23-,25-/m1/s1. The number of hydrogen-bond acceptors (Lipinski definition) is 2. The Morgan fingerprint density at radius 2 is 1.52 bits per heavy atom. The van der Waals surface area contributed by atoms with Crippen LogP contribution in [0.25, 0.3) is 11.1 Å². The SMILES string of the molecule is CN(C)[C@@]12CC3=C(CCC3)[C@@H]1C(=O)C(c1ccccc1)=C2c1ccccc1. The molecule has 136 valence electrons. The zero-order valence-corrected chi connectivity index (χ0v) is 16.0. The van der Waals surface area contributed by atoms with Crippen LogP contribution in [-0.4, -0.2) is 30.3 Å². The molecular formula is C25H25NO. The fourth-order valence-corrected chi connectivity index (χ4v) is 5.72. The zero-order chi connectivity index (χ0) is 18.6. The van der Waals surface area contributed by atoms with Crippen LogP contribution in [0, 0.1) is 5.92 Å². The normalized spacial score (nSPS) is 26.9. The number of nitrogens with zero attached hydrogens (tertiary/aromatic N) is 1. The molecule has 27 heavy (non-hydrogen) atoms. The van der Waals surface area contributed by atoms with Crippen LogP contribution in [0.1, 0.15) is 36.8 Å². The summed E-state index contributed by atoms with van der Waals surface area (Å²) in [7, 11) is 4.30. The Labute approximate surface area is 161 Å². The number of allylic oxidation sites excluding steroid dienone is 1. The van der Waals surface area contributed by atoms with Crippen LogP contribution < -0.4 is 0 Å². The summed E-state index contributed by atoms with van der Waals surface area (Å²) in [6.07, 6.45) is 4.45. The highest BCUT2D eigenvalue weighted by atomic mass is 16.1. The van der Waals surface area contributed by atoms with E-state index in [0.717, 1.165) is 30.4 Å². The van der Waals surface area contributed by atoms with Crippen molar-refractivity contribution in [3.8, 4) is 0 Å². The second-order valence-corrected chi connectivity index (χ2v) is 8.26. The van der Waals surface area contributed by atoms with Gasteiger partial charge in [-0.2, -0.15) is 0 Å². The first kappa shape index (κ1) is 16.7. The molecule has 0 bridgehead atoms. The third-order valence-electron chi connectivity index (χ3n) is 6.80. The lowest BCUT2D eigenvalue weighted by Gasteiger charge is -2.41. The minimum Gasteiger partial charge on any atom is -0.298 e. The number of carbonyl (C=O) groups excluding carboxylic acids is 1.